The molecule has 4 heteroatoms. The van der Waals surface area contributed by atoms with E-state index in [9.17, 15) is 0 Å². The third-order valence-electron chi connectivity index (χ3n) is 4.16. The summed E-state index contributed by atoms with van der Waals surface area (Å²) in [5, 5.41) is 4.38. The number of hydrogen-bond acceptors (Lipinski definition) is 3. The lowest BCUT2D eigenvalue weighted by molar-refractivity contribution is 0.174. The van der Waals surface area contributed by atoms with E-state index in [-0.39, 0.29) is 12.3 Å². The number of fused-ring (bicyclic) bond motifs is 1. The molecule has 1 aromatic carbocycles. The second-order valence-corrected chi connectivity index (χ2v) is 6.80. The molecule has 1 aromatic rings. The van der Waals surface area contributed by atoms with Gasteiger partial charge in [0.15, 0.2) is 11.5 Å². The maximum absolute atomic E-state index is 6.29. The summed E-state index contributed by atoms with van der Waals surface area (Å²) >= 11 is 6.29. The van der Waals surface area contributed by atoms with Crippen LogP contribution in [0.15, 0.2) is 12.1 Å². The highest BCUT2D eigenvalue weighted by atomic mass is 35.5. The Morgan fingerprint density at radius 2 is 2.20 bits per heavy atom. The van der Waals surface area contributed by atoms with Crippen LogP contribution < -0.4 is 14.8 Å². The Hall–Kier alpha value is -0.930. The zero-order valence-electron chi connectivity index (χ0n) is 12.2. The van der Waals surface area contributed by atoms with Gasteiger partial charge in [0.25, 0.3) is 0 Å². The van der Waals surface area contributed by atoms with E-state index in [0.29, 0.717) is 16.7 Å². The van der Waals surface area contributed by atoms with Gasteiger partial charge in [-0.05, 0) is 55.8 Å². The van der Waals surface area contributed by atoms with Gasteiger partial charge in [0.2, 0.25) is 6.79 Å². The number of hydrogen-bond donors (Lipinski definition) is 1. The van der Waals surface area contributed by atoms with Crippen LogP contribution in [0.5, 0.6) is 11.5 Å². The first-order valence-corrected chi connectivity index (χ1v) is 7.79. The summed E-state index contributed by atoms with van der Waals surface area (Å²) in [6.45, 7) is 5.96. The predicted molar refractivity (Wildman–Crippen MR) is 80.7 cm³/mol. The molecule has 20 heavy (non-hydrogen) atoms. The van der Waals surface area contributed by atoms with Gasteiger partial charge in [0.05, 0.1) is 5.02 Å². The van der Waals surface area contributed by atoms with Crippen LogP contribution in [0.25, 0.3) is 0 Å². The Morgan fingerprint density at radius 3 is 2.90 bits per heavy atom. The van der Waals surface area contributed by atoms with Crippen molar-refractivity contribution in [3.63, 3.8) is 0 Å². The standard InChI is InChI=1S/C16H22ClNO2/c1-11(2)8-16(4-3-5-18-16)9-12-6-13(17)15-14(7-12)19-10-20-15/h6-7,11,18H,3-5,8-10H2,1-2H3. The maximum Gasteiger partial charge on any atom is 0.231 e. The first kappa shape index (κ1) is 14.0. The molecule has 1 saturated heterocycles. The second kappa shape index (κ2) is 5.45. The Labute approximate surface area is 125 Å². The average Bonchev–Trinajstić information content (AvgIpc) is 2.97. The molecule has 2 heterocycles. The third-order valence-corrected chi connectivity index (χ3v) is 4.44. The molecule has 1 unspecified atom stereocenters. The number of benzene rings is 1. The van der Waals surface area contributed by atoms with Crippen LogP contribution >= 0.6 is 11.6 Å². The molecule has 3 nitrogen and oxygen atoms in total. The molecule has 2 aliphatic rings. The van der Waals surface area contributed by atoms with E-state index in [1.807, 2.05) is 6.07 Å². The minimum Gasteiger partial charge on any atom is -0.454 e. The summed E-state index contributed by atoms with van der Waals surface area (Å²) in [6.07, 6.45) is 4.68. The van der Waals surface area contributed by atoms with Crippen LogP contribution in [0, 0.1) is 5.92 Å². The second-order valence-electron chi connectivity index (χ2n) is 6.40. The van der Waals surface area contributed by atoms with Crippen LogP contribution in [0.4, 0.5) is 0 Å². The molecule has 2 aliphatic heterocycles. The Bertz CT molecular complexity index is 495. The molecule has 1 atom stereocenters. The molecule has 0 spiro atoms. The quantitative estimate of drug-likeness (QED) is 0.917. The highest BCUT2D eigenvalue weighted by molar-refractivity contribution is 6.32. The predicted octanol–water partition coefficient (Wildman–Crippen LogP) is 3.78. The van der Waals surface area contributed by atoms with Crippen molar-refractivity contribution in [1.82, 2.24) is 5.32 Å². The van der Waals surface area contributed by atoms with E-state index in [0.717, 1.165) is 18.7 Å². The zero-order chi connectivity index (χ0) is 14.2. The summed E-state index contributed by atoms with van der Waals surface area (Å²) in [5.41, 5.74) is 1.44. The molecular formula is C16H22ClNO2. The summed E-state index contributed by atoms with van der Waals surface area (Å²) in [5.74, 6) is 2.16. The van der Waals surface area contributed by atoms with Crippen molar-refractivity contribution in [3.05, 3.63) is 22.7 Å². The van der Waals surface area contributed by atoms with E-state index < -0.39 is 0 Å². The fraction of sp³-hybridized carbons (Fsp3) is 0.625. The Morgan fingerprint density at radius 1 is 1.35 bits per heavy atom. The first-order chi connectivity index (χ1) is 9.58. The van der Waals surface area contributed by atoms with Crippen molar-refractivity contribution in [2.24, 2.45) is 5.92 Å². The number of ether oxygens (including phenoxy) is 2. The zero-order valence-corrected chi connectivity index (χ0v) is 12.9. The summed E-state index contributed by atoms with van der Waals surface area (Å²) in [4.78, 5) is 0. The van der Waals surface area contributed by atoms with Gasteiger partial charge in [-0.2, -0.15) is 0 Å². The van der Waals surface area contributed by atoms with Crippen molar-refractivity contribution in [3.8, 4) is 11.5 Å². The van der Waals surface area contributed by atoms with Crippen molar-refractivity contribution >= 4 is 11.6 Å². The first-order valence-electron chi connectivity index (χ1n) is 7.41. The molecule has 0 aliphatic carbocycles. The van der Waals surface area contributed by atoms with Gasteiger partial charge in [-0.15, -0.1) is 0 Å². The van der Waals surface area contributed by atoms with Crippen LogP contribution in [0.2, 0.25) is 5.02 Å². The molecule has 0 bridgehead atoms. The molecule has 110 valence electrons. The van der Waals surface area contributed by atoms with Crippen molar-refractivity contribution < 1.29 is 9.47 Å². The molecule has 0 saturated carbocycles. The molecule has 0 radical (unpaired) electrons. The van der Waals surface area contributed by atoms with E-state index in [4.69, 9.17) is 21.1 Å². The van der Waals surface area contributed by atoms with Gasteiger partial charge in [-0.1, -0.05) is 25.4 Å². The van der Waals surface area contributed by atoms with Gasteiger partial charge < -0.3 is 14.8 Å². The molecule has 1 N–H and O–H groups in total. The van der Waals surface area contributed by atoms with E-state index in [2.05, 4.69) is 25.2 Å². The number of nitrogens with one attached hydrogen (secondary N) is 1. The van der Waals surface area contributed by atoms with Gasteiger partial charge in [-0.3, -0.25) is 0 Å². The molecular weight excluding hydrogens is 274 g/mol. The highest BCUT2D eigenvalue weighted by Gasteiger charge is 2.34. The summed E-state index contributed by atoms with van der Waals surface area (Å²) in [6, 6.07) is 4.10. The van der Waals surface area contributed by atoms with Crippen molar-refractivity contribution in [2.75, 3.05) is 13.3 Å². The SMILES string of the molecule is CC(C)CC1(Cc2cc(Cl)c3c(c2)OCO3)CCCN1. The average molecular weight is 296 g/mol. The van der Waals surface area contributed by atoms with Gasteiger partial charge in [0, 0.05) is 5.54 Å². The number of halogens is 1. The molecule has 3 rings (SSSR count). The maximum atomic E-state index is 6.29. The Kier molecular flexibility index (Phi) is 3.83. The third kappa shape index (κ3) is 2.75. The smallest absolute Gasteiger partial charge is 0.231 e. The topological polar surface area (TPSA) is 30.5 Å². The minimum absolute atomic E-state index is 0.213. The molecule has 1 fully saturated rings. The van der Waals surface area contributed by atoms with E-state index in [1.54, 1.807) is 0 Å². The summed E-state index contributed by atoms with van der Waals surface area (Å²) < 4.78 is 10.8. The van der Waals surface area contributed by atoms with E-state index in [1.165, 1.54) is 24.8 Å². The van der Waals surface area contributed by atoms with Crippen LogP contribution in [-0.2, 0) is 6.42 Å². The lowest BCUT2D eigenvalue weighted by Gasteiger charge is -2.32. The lowest BCUT2D eigenvalue weighted by Crippen LogP contribution is -2.43. The normalized spacial score (nSPS) is 24.6. The van der Waals surface area contributed by atoms with Crippen molar-refractivity contribution in [1.29, 1.82) is 0 Å². The fourth-order valence-electron chi connectivity index (χ4n) is 3.56. The van der Waals surface area contributed by atoms with Crippen molar-refractivity contribution in [2.45, 2.75) is 45.1 Å². The fourth-order valence-corrected chi connectivity index (χ4v) is 3.85. The molecule has 0 aromatic heterocycles. The summed E-state index contributed by atoms with van der Waals surface area (Å²) in [7, 11) is 0. The highest BCUT2D eigenvalue weighted by Crippen LogP contribution is 2.41. The van der Waals surface area contributed by atoms with Crippen LogP contribution in [0.1, 0.15) is 38.7 Å². The van der Waals surface area contributed by atoms with Crippen LogP contribution in [-0.4, -0.2) is 18.9 Å². The lowest BCUT2D eigenvalue weighted by atomic mass is 9.82. The number of rotatable bonds is 4. The van der Waals surface area contributed by atoms with Crippen LogP contribution in [0.3, 0.4) is 0 Å². The van der Waals surface area contributed by atoms with Gasteiger partial charge in [-0.25, -0.2) is 0 Å². The minimum atomic E-state index is 0.213. The Balaban J connectivity index is 1.84. The largest absolute Gasteiger partial charge is 0.454 e. The molecule has 0 amide bonds. The van der Waals surface area contributed by atoms with Gasteiger partial charge in [0.1, 0.15) is 0 Å². The van der Waals surface area contributed by atoms with E-state index >= 15 is 0 Å². The monoisotopic (exact) mass is 295 g/mol. The van der Waals surface area contributed by atoms with Gasteiger partial charge >= 0.3 is 0 Å².